The summed E-state index contributed by atoms with van der Waals surface area (Å²) >= 11 is 0. The minimum Gasteiger partial charge on any atom is -0.366 e. The molecule has 2 rings (SSSR count). The summed E-state index contributed by atoms with van der Waals surface area (Å²) in [5.41, 5.74) is 4.16. The number of rotatable bonds is 3. The fourth-order valence-corrected chi connectivity index (χ4v) is 3.12. The number of hydrogen-bond acceptors (Lipinski definition) is 2. The number of hydrogen-bond donors (Lipinski definition) is 1. The molecule has 106 valence electrons. The van der Waals surface area contributed by atoms with E-state index in [9.17, 15) is 0 Å². The van der Waals surface area contributed by atoms with Crippen LogP contribution < -0.4 is 10.2 Å². The summed E-state index contributed by atoms with van der Waals surface area (Å²) < 4.78 is 0. The number of aryl methyl sites for hydroxylation is 2. The molecule has 1 saturated heterocycles. The minimum absolute atomic E-state index is 0.574. The van der Waals surface area contributed by atoms with Crippen LogP contribution in [0.1, 0.15) is 38.3 Å². The van der Waals surface area contributed by atoms with Gasteiger partial charge in [0.25, 0.3) is 0 Å². The van der Waals surface area contributed by atoms with Crippen molar-refractivity contribution in [3.8, 4) is 0 Å². The Morgan fingerprint density at radius 1 is 1.32 bits per heavy atom. The lowest BCUT2D eigenvalue weighted by atomic mass is 9.98. The monoisotopic (exact) mass is 260 g/mol. The zero-order valence-electron chi connectivity index (χ0n) is 13.0. The Hall–Kier alpha value is -1.02. The zero-order valence-corrected chi connectivity index (χ0v) is 13.0. The van der Waals surface area contributed by atoms with Gasteiger partial charge in [-0.1, -0.05) is 31.5 Å². The normalized spacial score (nSPS) is 24.0. The van der Waals surface area contributed by atoms with Crippen LogP contribution in [0.25, 0.3) is 0 Å². The van der Waals surface area contributed by atoms with Crippen molar-refractivity contribution in [2.75, 3.05) is 18.0 Å². The zero-order chi connectivity index (χ0) is 14.0. The highest BCUT2D eigenvalue weighted by Gasteiger charge is 2.26. The van der Waals surface area contributed by atoms with Gasteiger partial charge in [-0.25, -0.2) is 0 Å². The van der Waals surface area contributed by atoms with Crippen molar-refractivity contribution in [2.45, 2.75) is 53.1 Å². The second kappa shape index (κ2) is 5.96. The SMILES string of the molecule is Cc1ccc(N2CC(CC(C)C)NCC2C)c(C)c1. The van der Waals surface area contributed by atoms with Gasteiger partial charge >= 0.3 is 0 Å². The lowest BCUT2D eigenvalue weighted by Crippen LogP contribution is -2.56. The van der Waals surface area contributed by atoms with Crippen molar-refractivity contribution in [1.29, 1.82) is 0 Å². The van der Waals surface area contributed by atoms with Gasteiger partial charge in [-0.15, -0.1) is 0 Å². The Bertz CT molecular complexity index is 425. The Balaban J connectivity index is 2.16. The van der Waals surface area contributed by atoms with Crippen LogP contribution in [0.3, 0.4) is 0 Å². The van der Waals surface area contributed by atoms with Gasteiger partial charge < -0.3 is 10.2 Å². The van der Waals surface area contributed by atoms with Crippen LogP contribution in [0.4, 0.5) is 5.69 Å². The molecule has 2 atom stereocenters. The third-order valence-corrected chi connectivity index (χ3v) is 4.07. The average Bonchev–Trinajstić information content (AvgIpc) is 2.31. The molecule has 0 aliphatic carbocycles. The van der Waals surface area contributed by atoms with Gasteiger partial charge in [0, 0.05) is 30.9 Å². The molecule has 0 aromatic heterocycles. The topological polar surface area (TPSA) is 15.3 Å². The van der Waals surface area contributed by atoms with E-state index in [4.69, 9.17) is 0 Å². The van der Waals surface area contributed by atoms with Gasteiger partial charge in [-0.3, -0.25) is 0 Å². The molecular formula is C17H28N2. The van der Waals surface area contributed by atoms with Crippen LogP contribution in [0.5, 0.6) is 0 Å². The van der Waals surface area contributed by atoms with E-state index in [0.29, 0.717) is 12.1 Å². The average molecular weight is 260 g/mol. The molecule has 0 saturated carbocycles. The van der Waals surface area contributed by atoms with Crippen molar-refractivity contribution in [3.05, 3.63) is 29.3 Å². The summed E-state index contributed by atoms with van der Waals surface area (Å²) in [6, 6.07) is 8.01. The third kappa shape index (κ3) is 3.50. The molecule has 0 spiro atoms. The van der Waals surface area contributed by atoms with E-state index in [0.717, 1.165) is 19.0 Å². The summed E-state index contributed by atoms with van der Waals surface area (Å²) in [6.07, 6.45) is 1.26. The van der Waals surface area contributed by atoms with Crippen LogP contribution >= 0.6 is 0 Å². The second-order valence-electron chi connectivity index (χ2n) is 6.53. The molecule has 1 fully saturated rings. The highest BCUT2D eigenvalue weighted by Crippen LogP contribution is 2.26. The van der Waals surface area contributed by atoms with Crippen molar-refractivity contribution < 1.29 is 0 Å². The summed E-state index contributed by atoms with van der Waals surface area (Å²) in [5, 5.41) is 3.69. The first kappa shape index (κ1) is 14.4. The van der Waals surface area contributed by atoms with Gasteiger partial charge in [-0.05, 0) is 44.7 Å². The maximum Gasteiger partial charge on any atom is 0.0399 e. The first-order valence-electron chi connectivity index (χ1n) is 7.54. The van der Waals surface area contributed by atoms with Crippen molar-refractivity contribution in [2.24, 2.45) is 5.92 Å². The van der Waals surface area contributed by atoms with Gasteiger partial charge in [0.05, 0.1) is 0 Å². The Morgan fingerprint density at radius 3 is 2.68 bits per heavy atom. The first-order valence-corrected chi connectivity index (χ1v) is 7.54. The predicted octanol–water partition coefficient (Wildman–Crippen LogP) is 3.52. The molecule has 0 radical (unpaired) electrons. The molecular weight excluding hydrogens is 232 g/mol. The molecule has 1 aromatic carbocycles. The summed E-state index contributed by atoms with van der Waals surface area (Å²) in [6.45, 7) is 13.5. The Morgan fingerprint density at radius 2 is 2.05 bits per heavy atom. The van der Waals surface area contributed by atoms with Crippen LogP contribution in [0.15, 0.2) is 18.2 Å². The number of anilines is 1. The van der Waals surface area contributed by atoms with E-state index in [1.165, 1.54) is 23.2 Å². The van der Waals surface area contributed by atoms with E-state index in [2.05, 4.69) is 63.0 Å². The van der Waals surface area contributed by atoms with Crippen LogP contribution in [0.2, 0.25) is 0 Å². The lowest BCUT2D eigenvalue weighted by Gasteiger charge is -2.41. The van der Waals surface area contributed by atoms with Crippen LogP contribution in [-0.4, -0.2) is 25.2 Å². The van der Waals surface area contributed by atoms with Crippen molar-refractivity contribution >= 4 is 5.69 Å². The highest BCUT2D eigenvalue weighted by molar-refractivity contribution is 5.55. The molecule has 19 heavy (non-hydrogen) atoms. The number of piperazine rings is 1. The Labute approximate surface area is 118 Å². The second-order valence-corrected chi connectivity index (χ2v) is 6.53. The predicted molar refractivity (Wildman–Crippen MR) is 84.0 cm³/mol. The fraction of sp³-hybridized carbons (Fsp3) is 0.647. The van der Waals surface area contributed by atoms with E-state index < -0.39 is 0 Å². The fourth-order valence-electron chi connectivity index (χ4n) is 3.12. The summed E-state index contributed by atoms with van der Waals surface area (Å²) in [7, 11) is 0. The molecule has 2 heteroatoms. The number of benzene rings is 1. The van der Waals surface area contributed by atoms with E-state index >= 15 is 0 Å². The molecule has 0 amide bonds. The maximum atomic E-state index is 3.69. The molecule has 1 N–H and O–H groups in total. The van der Waals surface area contributed by atoms with Gasteiger partial charge in [0.2, 0.25) is 0 Å². The largest absolute Gasteiger partial charge is 0.366 e. The van der Waals surface area contributed by atoms with Crippen molar-refractivity contribution in [1.82, 2.24) is 5.32 Å². The number of nitrogens with zero attached hydrogens (tertiary/aromatic N) is 1. The Kier molecular flexibility index (Phi) is 4.51. The van der Waals surface area contributed by atoms with Crippen molar-refractivity contribution in [3.63, 3.8) is 0 Å². The van der Waals surface area contributed by atoms with Gasteiger partial charge in [-0.2, -0.15) is 0 Å². The lowest BCUT2D eigenvalue weighted by molar-refractivity contribution is 0.355. The van der Waals surface area contributed by atoms with E-state index in [1.807, 2.05) is 0 Å². The number of nitrogens with one attached hydrogen (secondary N) is 1. The molecule has 0 bridgehead atoms. The molecule has 1 aromatic rings. The molecule has 1 heterocycles. The van der Waals surface area contributed by atoms with E-state index in [1.54, 1.807) is 0 Å². The third-order valence-electron chi connectivity index (χ3n) is 4.07. The quantitative estimate of drug-likeness (QED) is 0.894. The smallest absolute Gasteiger partial charge is 0.0399 e. The first-order chi connectivity index (χ1) is 8.97. The van der Waals surface area contributed by atoms with Crippen LogP contribution in [0, 0.1) is 19.8 Å². The van der Waals surface area contributed by atoms with Gasteiger partial charge in [0.15, 0.2) is 0 Å². The molecule has 2 nitrogen and oxygen atoms in total. The van der Waals surface area contributed by atoms with Crippen LogP contribution in [-0.2, 0) is 0 Å². The maximum absolute atomic E-state index is 3.69. The molecule has 1 aliphatic heterocycles. The molecule has 1 aliphatic rings. The van der Waals surface area contributed by atoms with Gasteiger partial charge in [0.1, 0.15) is 0 Å². The van der Waals surface area contributed by atoms with E-state index in [-0.39, 0.29) is 0 Å². The highest BCUT2D eigenvalue weighted by atomic mass is 15.2. The summed E-state index contributed by atoms with van der Waals surface area (Å²) in [5.74, 6) is 0.756. The molecule has 2 unspecified atom stereocenters. The standard InChI is InChI=1S/C17H28N2/c1-12(2)8-16-11-19(15(5)10-18-16)17-7-6-13(3)9-14(17)4/h6-7,9,12,15-16,18H,8,10-11H2,1-5H3. The summed E-state index contributed by atoms with van der Waals surface area (Å²) in [4.78, 5) is 2.58. The minimum atomic E-state index is 0.574.